The van der Waals surface area contributed by atoms with Crippen molar-refractivity contribution in [1.82, 2.24) is 15.6 Å². The lowest BCUT2D eigenvalue weighted by molar-refractivity contribution is 0.187. The number of aliphatic imine (C=N–C) groups is 1. The Kier molecular flexibility index (Phi) is 10.0. The molecule has 142 valence electrons. The van der Waals surface area contributed by atoms with Crippen molar-refractivity contribution >= 4 is 29.9 Å². The lowest BCUT2D eigenvalue weighted by atomic mass is 10.1. The number of aliphatic hydroxyl groups excluding tert-OH is 1. The summed E-state index contributed by atoms with van der Waals surface area (Å²) in [5, 5.41) is 16.2. The van der Waals surface area contributed by atoms with Gasteiger partial charge in [0, 0.05) is 25.5 Å². The standard InChI is InChI=1S/C18H22F2N4O.HI/c1-2-22-18(24-12-17(25)13-5-8-21-9-6-13)23-10-7-14-11-15(19)3-4-16(14)20;/h3-6,8-9,11,17,25H,2,7,10,12H2,1H3,(H2,22,23,24);1H. The Morgan fingerprint density at radius 1 is 1.19 bits per heavy atom. The molecule has 0 aliphatic carbocycles. The van der Waals surface area contributed by atoms with E-state index in [2.05, 4.69) is 20.6 Å². The molecular formula is C18H23F2IN4O. The summed E-state index contributed by atoms with van der Waals surface area (Å²) in [7, 11) is 0. The third-order valence-electron chi connectivity index (χ3n) is 3.55. The maximum absolute atomic E-state index is 13.6. The van der Waals surface area contributed by atoms with E-state index in [1.807, 2.05) is 6.92 Å². The second-order valence-electron chi connectivity index (χ2n) is 5.43. The lowest BCUT2D eigenvalue weighted by Crippen LogP contribution is -2.38. The minimum atomic E-state index is -0.737. The van der Waals surface area contributed by atoms with Crippen LogP contribution in [0.4, 0.5) is 8.78 Å². The molecule has 0 saturated carbocycles. The summed E-state index contributed by atoms with van der Waals surface area (Å²) in [5.41, 5.74) is 1.04. The second-order valence-corrected chi connectivity index (χ2v) is 5.43. The van der Waals surface area contributed by atoms with Gasteiger partial charge < -0.3 is 15.7 Å². The zero-order valence-corrected chi connectivity index (χ0v) is 16.8. The number of hydrogen-bond donors (Lipinski definition) is 3. The van der Waals surface area contributed by atoms with Crippen molar-refractivity contribution in [2.75, 3.05) is 19.6 Å². The molecule has 3 N–H and O–H groups in total. The number of nitrogens with one attached hydrogen (secondary N) is 2. The smallest absolute Gasteiger partial charge is 0.191 e. The molecule has 0 amide bonds. The molecule has 2 rings (SSSR count). The molecule has 1 aromatic heterocycles. The molecule has 1 aromatic carbocycles. The monoisotopic (exact) mass is 476 g/mol. The third-order valence-corrected chi connectivity index (χ3v) is 3.55. The van der Waals surface area contributed by atoms with E-state index < -0.39 is 17.7 Å². The van der Waals surface area contributed by atoms with Crippen molar-refractivity contribution in [1.29, 1.82) is 0 Å². The van der Waals surface area contributed by atoms with E-state index in [1.165, 1.54) is 6.07 Å². The van der Waals surface area contributed by atoms with Gasteiger partial charge in [0.05, 0.1) is 12.6 Å². The van der Waals surface area contributed by atoms with E-state index in [0.29, 0.717) is 31.0 Å². The van der Waals surface area contributed by atoms with Gasteiger partial charge in [-0.05, 0) is 54.8 Å². The predicted molar refractivity (Wildman–Crippen MR) is 109 cm³/mol. The number of guanidine groups is 1. The highest BCUT2D eigenvalue weighted by molar-refractivity contribution is 14.0. The van der Waals surface area contributed by atoms with Crippen LogP contribution in [-0.4, -0.2) is 35.7 Å². The lowest BCUT2D eigenvalue weighted by Gasteiger charge is -2.13. The second kappa shape index (κ2) is 11.7. The molecule has 8 heteroatoms. The number of rotatable bonds is 7. The summed E-state index contributed by atoms with van der Waals surface area (Å²) in [4.78, 5) is 8.22. The normalized spacial score (nSPS) is 12.2. The SMILES string of the molecule is CCNC(=NCC(O)c1ccncc1)NCCc1cc(F)ccc1F.I. The Morgan fingerprint density at radius 3 is 2.62 bits per heavy atom. The van der Waals surface area contributed by atoms with Gasteiger partial charge in [-0.25, -0.2) is 8.78 Å². The van der Waals surface area contributed by atoms with Gasteiger partial charge >= 0.3 is 0 Å². The number of nitrogens with zero attached hydrogens (tertiary/aromatic N) is 2. The summed E-state index contributed by atoms with van der Waals surface area (Å²) in [5.74, 6) is -0.386. The van der Waals surface area contributed by atoms with Crippen LogP contribution in [0.5, 0.6) is 0 Å². The van der Waals surface area contributed by atoms with Crippen molar-refractivity contribution in [3.05, 3.63) is 65.5 Å². The molecule has 0 bridgehead atoms. The molecule has 0 aliphatic heterocycles. The van der Waals surface area contributed by atoms with Gasteiger partial charge in [0.15, 0.2) is 5.96 Å². The van der Waals surface area contributed by atoms with E-state index in [4.69, 9.17) is 0 Å². The van der Waals surface area contributed by atoms with Gasteiger partial charge in [0.1, 0.15) is 11.6 Å². The first kappa shape index (κ1) is 22.2. The number of pyridine rings is 1. The van der Waals surface area contributed by atoms with Gasteiger partial charge in [-0.1, -0.05) is 0 Å². The maximum atomic E-state index is 13.6. The minimum Gasteiger partial charge on any atom is -0.386 e. The summed E-state index contributed by atoms with van der Waals surface area (Å²) in [6.45, 7) is 3.12. The Balaban J connectivity index is 0.00000338. The van der Waals surface area contributed by atoms with Crippen LogP contribution in [0.1, 0.15) is 24.2 Å². The first-order valence-corrected chi connectivity index (χ1v) is 8.14. The highest BCUT2D eigenvalue weighted by Crippen LogP contribution is 2.11. The fourth-order valence-corrected chi connectivity index (χ4v) is 2.26. The van der Waals surface area contributed by atoms with Crippen molar-refractivity contribution in [3.8, 4) is 0 Å². The molecule has 1 atom stereocenters. The quantitative estimate of drug-likeness (QED) is 0.327. The van der Waals surface area contributed by atoms with Gasteiger partial charge in [-0.15, -0.1) is 24.0 Å². The van der Waals surface area contributed by atoms with Crippen LogP contribution in [0.25, 0.3) is 0 Å². The van der Waals surface area contributed by atoms with Crippen LogP contribution in [0.2, 0.25) is 0 Å². The zero-order valence-electron chi connectivity index (χ0n) is 14.5. The van der Waals surface area contributed by atoms with Gasteiger partial charge in [0.2, 0.25) is 0 Å². The fourth-order valence-electron chi connectivity index (χ4n) is 2.26. The topological polar surface area (TPSA) is 69.5 Å². The average molecular weight is 476 g/mol. The molecule has 0 spiro atoms. The summed E-state index contributed by atoms with van der Waals surface area (Å²) >= 11 is 0. The van der Waals surface area contributed by atoms with E-state index in [9.17, 15) is 13.9 Å². The average Bonchev–Trinajstić information content (AvgIpc) is 2.63. The Hall–Kier alpha value is -1.81. The van der Waals surface area contributed by atoms with Crippen molar-refractivity contribution in [2.24, 2.45) is 4.99 Å². The molecule has 1 heterocycles. The zero-order chi connectivity index (χ0) is 18.1. The third kappa shape index (κ3) is 7.20. The van der Waals surface area contributed by atoms with Crippen LogP contribution in [0.15, 0.2) is 47.7 Å². The van der Waals surface area contributed by atoms with Crippen LogP contribution >= 0.6 is 24.0 Å². The van der Waals surface area contributed by atoms with Gasteiger partial charge in [-0.2, -0.15) is 0 Å². The summed E-state index contributed by atoms with van der Waals surface area (Å²) in [6, 6.07) is 6.86. The van der Waals surface area contributed by atoms with E-state index >= 15 is 0 Å². The first-order valence-electron chi connectivity index (χ1n) is 8.14. The molecule has 1 unspecified atom stereocenters. The van der Waals surface area contributed by atoms with Crippen molar-refractivity contribution in [3.63, 3.8) is 0 Å². The Morgan fingerprint density at radius 2 is 1.92 bits per heavy atom. The molecule has 0 saturated heterocycles. The Bertz CT molecular complexity index is 701. The number of hydrogen-bond acceptors (Lipinski definition) is 3. The predicted octanol–water partition coefficient (Wildman–Crippen LogP) is 2.81. The molecule has 26 heavy (non-hydrogen) atoms. The van der Waals surface area contributed by atoms with Crippen LogP contribution in [-0.2, 0) is 6.42 Å². The van der Waals surface area contributed by atoms with Crippen molar-refractivity contribution < 1.29 is 13.9 Å². The Labute approximate surface area is 169 Å². The van der Waals surface area contributed by atoms with E-state index in [1.54, 1.807) is 24.5 Å². The van der Waals surface area contributed by atoms with Crippen LogP contribution < -0.4 is 10.6 Å². The van der Waals surface area contributed by atoms with Crippen LogP contribution in [0, 0.1) is 11.6 Å². The molecule has 0 aliphatic rings. The van der Waals surface area contributed by atoms with Crippen LogP contribution in [0.3, 0.4) is 0 Å². The summed E-state index contributed by atoms with van der Waals surface area (Å²) in [6.07, 6.45) is 2.80. The maximum Gasteiger partial charge on any atom is 0.191 e. The number of benzene rings is 1. The highest BCUT2D eigenvalue weighted by Gasteiger charge is 2.08. The summed E-state index contributed by atoms with van der Waals surface area (Å²) < 4.78 is 26.8. The molecule has 5 nitrogen and oxygen atoms in total. The fraction of sp³-hybridized carbons (Fsp3) is 0.333. The van der Waals surface area contributed by atoms with Gasteiger partial charge in [-0.3, -0.25) is 9.98 Å². The number of aromatic nitrogens is 1. The van der Waals surface area contributed by atoms with Crippen molar-refractivity contribution in [2.45, 2.75) is 19.4 Å². The van der Waals surface area contributed by atoms with E-state index in [-0.39, 0.29) is 30.5 Å². The molecule has 2 aromatic rings. The highest BCUT2D eigenvalue weighted by atomic mass is 127. The number of halogens is 3. The largest absolute Gasteiger partial charge is 0.386 e. The molecule has 0 fully saturated rings. The first-order chi connectivity index (χ1) is 12.1. The number of aliphatic hydroxyl groups is 1. The molecular weight excluding hydrogens is 453 g/mol. The minimum absolute atomic E-state index is 0. The van der Waals surface area contributed by atoms with E-state index in [0.717, 1.165) is 17.7 Å². The van der Waals surface area contributed by atoms with Gasteiger partial charge in [0.25, 0.3) is 0 Å². The molecule has 0 radical (unpaired) electrons.